The summed E-state index contributed by atoms with van der Waals surface area (Å²) in [5, 5.41) is 2.60. The van der Waals surface area contributed by atoms with Crippen LogP contribution in [0.25, 0.3) is 0 Å². The van der Waals surface area contributed by atoms with Crippen molar-refractivity contribution in [3.05, 3.63) is 47.4 Å². The summed E-state index contributed by atoms with van der Waals surface area (Å²) in [6.45, 7) is 0. The molecule has 7 nitrogen and oxygen atoms in total. The minimum atomic E-state index is -3.52. The van der Waals surface area contributed by atoms with E-state index in [1.165, 1.54) is 36.8 Å². The Morgan fingerprint density at radius 2 is 1.93 bits per heavy atom. The molecule has 1 aliphatic carbocycles. The first-order chi connectivity index (χ1) is 13.3. The molecule has 1 amide bonds. The highest BCUT2D eigenvalue weighted by atomic mass is 35.5. The van der Waals surface area contributed by atoms with Crippen LogP contribution < -0.4 is 5.32 Å². The lowest BCUT2D eigenvalue weighted by atomic mass is 9.85. The Balaban J connectivity index is 1.97. The van der Waals surface area contributed by atoms with Crippen LogP contribution in [0.5, 0.6) is 0 Å². The average molecular weight is 422 g/mol. The van der Waals surface area contributed by atoms with Gasteiger partial charge in [0.05, 0.1) is 16.1 Å². The Morgan fingerprint density at radius 3 is 2.50 bits per heavy atom. The summed E-state index contributed by atoms with van der Waals surface area (Å²) in [7, 11) is -3.52. The SMILES string of the molecule is CS(=O)(=O)c1ccc(C(C(=O)Nc2cnccn2)C(=O)C2CCCC2)cc1Cl. The second-order valence-corrected chi connectivity index (χ2v) is 9.25. The molecule has 1 unspecified atom stereocenters. The Morgan fingerprint density at radius 1 is 1.21 bits per heavy atom. The van der Waals surface area contributed by atoms with Gasteiger partial charge < -0.3 is 5.32 Å². The van der Waals surface area contributed by atoms with E-state index < -0.39 is 21.7 Å². The maximum absolute atomic E-state index is 13.1. The lowest BCUT2D eigenvalue weighted by molar-refractivity contribution is -0.130. The fourth-order valence-electron chi connectivity index (χ4n) is 3.45. The maximum Gasteiger partial charge on any atom is 0.240 e. The first-order valence-electron chi connectivity index (χ1n) is 8.87. The molecule has 1 N–H and O–H groups in total. The van der Waals surface area contributed by atoms with Gasteiger partial charge in [0.25, 0.3) is 0 Å². The number of hydrogen-bond donors (Lipinski definition) is 1. The van der Waals surface area contributed by atoms with Crippen LogP contribution in [0.3, 0.4) is 0 Å². The third-order valence-electron chi connectivity index (χ3n) is 4.81. The Bertz CT molecular complexity index is 989. The number of rotatable bonds is 6. The van der Waals surface area contributed by atoms with Gasteiger partial charge in [-0.25, -0.2) is 13.4 Å². The van der Waals surface area contributed by atoms with Crippen molar-refractivity contribution in [3.8, 4) is 0 Å². The van der Waals surface area contributed by atoms with E-state index in [2.05, 4.69) is 15.3 Å². The van der Waals surface area contributed by atoms with E-state index >= 15 is 0 Å². The molecule has 1 aromatic carbocycles. The number of sulfone groups is 1. The molecule has 1 heterocycles. The molecule has 1 aromatic heterocycles. The molecule has 0 saturated heterocycles. The molecule has 0 aliphatic heterocycles. The van der Waals surface area contributed by atoms with Crippen LogP contribution in [0.15, 0.2) is 41.7 Å². The highest BCUT2D eigenvalue weighted by Crippen LogP contribution is 2.34. The van der Waals surface area contributed by atoms with Gasteiger partial charge in [0.2, 0.25) is 5.91 Å². The largest absolute Gasteiger partial charge is 0.308 e. The normalized spacial score (nSPS) is 15.9. The van der Waals surface area contributed by atoms with E-state index in [9.17, 15) is 18.0 Å². The minimum absolute atomic E-state index is 0.0171. The van der Waals surface area contributed by atoms with E-state index in [-0.39, 0.29) is 27.4 Å². The zero-order valence-corrected chi connectivity index (χ0v) is 16.8. The van der Waals surface area contributed by atoms with Crippen molar-refractivity contribution in [2.45, 2.75) is 36.5 Å². The second-order valence-electron chi connectivity index (χ2n) is 6.86. The van der Waals surface area contributed by atoms with Crippen LogP contribution in [0.1, 0.15) is 37.2 Å². The van der Waals surface area contributed by atoms with E-state index in [1.807, 2.05) is 0 Å². The molecule has 1 fully saturated rings. The van der Waals surface area contributed by atoms with Gasteiger partial charge in [-0.1, -0.05) is 30.5 Å². The first-order valence-corrected chi connectivity index (χ1v) is 11.1. The number of Topliss-reactive ketones (excluding diaryl/α,β-unsaturated/α-hetero) is 1. The van der Waals surface area contributed by atoms with E-state index in [0.29, 0.717) is 5.56 Å². The molecular formula is C19H20ClN3O4S. The lowest BCUT2D eigenvalue weighted by Gasteiger charge is -2.20. The first kappa shape index (κ1) is 20.4. The van der Waals surface area contributed by atoms with Gasteiger partial charge in [0.15, 0.2) is 21.4 Å². The molecule has 28 heavy (non-hydrogen) atoms. The predicted molar refractivity (Wildman–Crippen MR) is 105 cm³/mol. The molecule has 1 aliphatic rings. The number of halogens is 1. The summed E-state index contributed by atoms with van der Waals surface area (Å²) < 4.78 is 23.6. The van der Waals surface area contributed by atoms with E-state index in [1.54, 1.807) is 0 Å². The van der Waals surface area contributed by atoms with Crippen LogP contribution in [0.4, 0.5) is 5.82 Å². The van der Waals surface area contributed by atoms with Gasteiger partial charge in [-0.15, -0.1) is 0 Å². The van der Waals surface area contributed by atoms with Gasteiger partial charge >= 0.3 is 0 Å². The Hall–Kier alpha value is -2.32. The molecule has 2 aromatic rings. The van der Waals surface area contributed by atoms with Crippen molar-refractivity contribution in [1.29, 1.82) is 0 Å². The number of anilines is 1. The van der Waals surface area contributed by atoms with Crippen LogP contribution >= 0.6 is 11.6 Å². The van der Waals surface area contributed by atoms with Crippen LogP contribution in [-0.2, 0) is 19.4 Å². The van der Waals surface area contributed by atoms with Gasteiger partial charge in [-0.05, 0) is 30.5 Å². The summed E-state index contributed by atoms with van der Waals surface area (Å²) in [6, 6.07) is 4.18. The zero-order chi connectivity index (χ0) is 20.3. The number of ketones is 1. The summed E-state index contributed by atoms with van der Waals surface area (Å²) in [5.74, 6) is -1.81. The molecular weight excluding hydrogens is 402 g/mol. The molecule has 3 rings (SSSR count). The molecule has 1 saturated carbocycles. The van der Waals surface area contributed by atoms with Crippen molar-refractivity contribution in [1.82, 2.24) is 9.97 Å². The molecule has 0 radical (unpaired) electrons. The number of aromatic nitrogens is 2. The Kier molecular flexibility index (Phi) is 6.10. The molecule has 9 heteroatoms. The number of amides is 1. The Labute approximate surface area is 168 Å². The van der Waals surface area contributed by atoms with Gasteiger partial charge in [-0.2, -0.15) is 0 Å². The highest BCUT2D eigenvalue weighted by Gasteiger charge is 2.35. The number of carbonyl (C=O) groups is 2. The third-order valence-corrected chi connectivity index (χ3v) is 6.39. The molecule has 148 valence electrons. The highest BCUT2D eigenvalue weighted by molar-refractivity contribution is 7.90. The number of hydrogen-bond acceptors (Lipinski definition) is 6. The number of nitrogens with one attached hydrogen (secondary N) is 1. The summed E-state index contributed by atoms with van der Waals surface area (Å²) >= 11 is 6.14. The fourth-order valence-corrected chi connectivity index (χ4v) is 4.79. The van der Waals surface area contributed by atoms with Crippen LogP contribution in [0, 0.1) is 5.92 Å². The summed E-state index contributed by atoms with van der Waals surface area (Å²) in [6.07, 6.45) is 8.71. The standard InChI is InChI=1S/C19H20ClN3O4S/c1-28(26,27)15-7-6-13(10-14(15)20)17(18(24)12-4-2-3-5-12)19(25)23-16-11-21-8-9-22-16/h6-12,17H,2-5H2,1H3,(H,22,23,25). The smallest absolute Gasteiger partial charge is 0.240 e. The van der Waals surface area contributed by atoms with Crippen LogP contribution in [-0.4, -0.2) is 36.3 Å². The van der Waals surface area contributed by atoms with Crippen molar-refractivity contribution in [2.75, 3.05) is 11.6 Å². The molecule has 0 bridgehead atoms. The maximum atomic E-state index is 13.1. The van der Waals surface area contributed by atoms with Crippen LogP contribution in [0.2, 0.25) is 5.02 Å². The third kappa shape index (κ3) is 4.56. The predicted octanol–water partition coefficient (Wildman–Crippen LogP) is 3.02. The lowest BCUT2D eigenvalue weighted by Crippen LogP contribution is -2.31. The van der Waals surface area contributed by atoms with Crippen molar-refractivity contribution >= 4 is 38.9 Å². The average Bonchev–Trinajstić information content (AvgIpc) is 3.16. The van der Waals surface area contributed by atoms with Crippen molar-refractivity contribution < 1.29 is 18.0 Å². The quantitative estimate of drug-likeness (QED) is 0.718. The number of carbonyl (C=O) groups excluding carboxylic acids is 2. The summed E-state index contributed by atoms with van der Waals surface area (Å²) in [5.41, 5.74) is 0.357. The van der Waals surface area contributed by atoms with Crippen molar-refractivity contribution in [3.63, 3.8) is 0 Å². The zero-order valence-electron chi connectivity index (χ0n) is 15.3. The van der Waals surface area contributed by atoms with Gasteiger partial charge in [-0.3, -0.25) is 14.6 Å². The van der Waals surface area contributed by atoms with Gasteiger partial charge in [0, 0.05) is 24.6 Å². The minimum Gasteiger partial charge on any atom is -0.308 e. The van der Waals surface area contributed by atoms with Crippen molar-refractivity contribution in [2.24, 2.45) is 5.92 Å². The monoisotopic (exact) mass is 421 g/mol. The second kappa shape index (κ2) is 8.36. The summed E-state index contributed by atoms with van der Waals surface area (Å²) in [4.78, 5) is 33.9. The molecule has 0 spiro atoms. The fraction of sp³-hybridized carbons (Fsp3) is 0.368. The van der Waals surface area contributed by atoms with E-state index in [4.69, 9.17) is 11.6 Å². The molecule has 1 atom stereocenters. The topological polar surface area (TPSA) is 106 Å². The number of benzene rings is 1. The van der Waals surface area contributed by atoms with E-state index in [0.717, 1.165) is 31.9 Å². The van der Waals surface area contributed by atoms with Gasteiger partial charge in [0.1, 0.15) is 5.92 Å². The number of nitrogens with zero attached hydrogens (tertiary/aromatic N) is 2.